The van der Waals surface area contributed by atoms with Crippen molar-refractivity contribution in [2.75, 3.05) is 0 Å². The highest BCUT2D eigenvalue weighted by atomic mass is 79.9. The molecule has 0 aliphatic heterocycles. The van der Waals surface area contributed by atoms with Gasteiger partial charge in [0.2, 0.25) is 0 Å². The van der Waals surface area contributed by atoms with Crippen molar-refractivity contribution >= 4 is 50.7 Å². The van der Waals surface area contributed by atoms with Crippen LogP contribution in [0.4, 0.5) is 0 Å². The van der Waals surface area contributed by atoms with Gasteiger partial charge in [-0.2, -0.15) is 0 Å². The SMILES string of the molecule is OC(c1cc(Cl)cc(Br)c1)c1cc(Cl)ccc1Cl. The third-order valence-electron chi connectivity index (χ3n) is 2.45. The number of halogens is 4. The van der Waals surface area contributed by atoms with E-state index < -0.39 is 6.10 Å². The third-order valence-corrected chi connectivity index (χ3v) is 3.71. The lowest BCUT2D eigenvalue weighted by atomic mass is 10.0. The monoisotopic (exact) mass is 364 g/mol. The normalized spacial score (nSPS) is 12.5. The Hall–Kier alpha value is -0.250. The van der Waals surface area contributed by atoms with Crippen LogP contribution in [0.25, 0.3) is 0 Å². The number of hydrogen-bond donors (Lipinski definition) is 1. The van der Waals surface area contributed by atoms with Gasteiger partial charge in [0.25, 0.3) is 0 Å². The lowest BCUT2D eigenvalue weighted by molar-refractivity contribution is 0.220. The van der Waals surface area contributed by atoms with Gasteiger partial charge in [-0.05, 0) is 42.0 Å². The molecule has 0 radical (unpaired) electrons. The summed E-state index contributed by atoms with van der Waals surface area (Å²) in [6, 6.07) is 10.2. The minimum Gasteiger partial charge on any atom is -0.384 e. The highest BCUT2D eigenvalue weighted by molar-refractivity contribution is 9.10. The Balaban J connectivity index is 2.47. The quantitative estimate of drug-likeness (QED) is 0.745. The largest absolute Gasteiger partial charge is 0.384 e. The molecule has 1 nitrogen and oxygen atoms in total. The highest BCUT2D eigenvalue weighted by Crippen LogP contribution is 2.33. The van der Waals surface area contributed by atoms with E-state index in [0.29, 0.717) is 26.2 Å². The van der Waals surface area contributed by atoms with E-state index >= 15 is 0 Å². The van der Waals surface area contributed by atoms with Gasteiger partial charge < -0.3 is 5.11 Å². The third kappa shape index (κ3) is 3.19. The molecule has 2 rings (SSSR count). The molecule has 0 spiro atoms. The molecule has 0 saturated heterocycles. The van der Waals surface area contributed by atoms with Gasteiger partial charge in [-0.25, -0.2) is 0 Å². The molecule has 1 N–H and O–H groups in total. The Morgan fingerprint density at radius 2 is 1.67 bits per heavy atom. The summed E-state index contributed by atoms with van der Waals surface area (Å²) in [7, 11) is 0. The molecule has 5 heteroatoms. The first-order valence-corrected chi connectivity index (χ1v) is 6.99. The first kappa shape index (κ1) is 14.2. The van der Waals surface area contributed by atoms with Crippen LogP contribution in [0.1, 0.15) is 17.2 Å². The van der Waals surface area contributed by atoms with Crippen LogP contribution in [0.5, 0.6) is 0 Å². The van der Waals surface area contributed by atoms with Gasteiger partial charge in [0, 0.05) is 25.1 Å². The maximum Gasteiger partial charge on any atom is 0.106 e. The summed E-state index contributed by atoms with van der Waals surface area (Å²) in [5.74, 6) is 0. The molecule has 0 fully saturated rings. The molecule has 0 aliphatic carbocycles. The Kier molecular flexibility index (Phi) is 4.57. The fourth-order valence-corrected chi connectivity index (χ4v) is 2.92. The molecule has 2 aromatic carbocycles. The predicted octanol–water partition coefficient (Wildman–Crippen LogP) is 5.49. The molecule has 0 saturated carbocycles. The van der Waals surface area contributed by atoms with Crippen molar-refractivity contribution < 1.29 is 5.11 Å². The van der Waals surface area contributed by atoms with Crippen molar-refractivity contribution in [2.24, 2.45) is 0 Å². The van der Waals surface area contributed by atoms with Gasteiger partial charge in [-0.1, -0.05) is 50.7 Å². The smallest absolute Gasteiger partial charge is 0.106 e. The van der Waals surface area contributed by atoms with Gasteiger partial charge in [0.1, 0.15) is 6.10 Å². The average molecular weight is 366 g/mol. The summed E-state index contributed by atoms with van der Waals surface area (Å²) in [4.78, 5) is 0. The van der Waals surface area contributed by atoms with Crippen molar-refractivity contribution in [3.05, 3.63) is 67.1 Å². The number of rotatable bonds is 2. The molecule has 1 atom stereocenters. The van der Waals surface area contributed by atoms with Crippen LogP contribution in [0.15, 0.2) is 40.9 Å². The zero-order valence-corrected chi connectivity index (χ0v) is 12.9. The molecular weight excluding hydrogens is 358 g/mol. The van der Waals surface area contributed by atoms with E-state index in [0.717, 1.165) is 4.47 Å². The standard InChI is InChI=1S/C13H8BrCl3O/c14-8-3-7(4-10(16)5-8)13(18)11-6-9(15)1-2-12(11)17/h1-6,13,18H. The molecule has 1 unspecified atom stereocenters. The summed E-state index contributed by atoms with van der Waals surface area (Å²) < 4.78 is 0.794. The van der Waals surface area contributed by atoms with Crippen molar-refractivity contribution in [1.82, 2.24) is 0 Å². The molecule has 18 heavy (non-hydrogen) atoms. The van der Waals surface area contributed by atoms with Crippen LogP contribution in [0.3, 0.4) is 0 Å². The molecule has 0 heterocycles. The fraction of sp³-hybridized carbons (Fsp3) is 0.0769. The van der Waals surface area contributed by atoms with E-state index in [2.05, 4.69) is 15.9 Å². The number of benzene rings is 2. The van der Waals surface area contributed by atoms with E-state index in [1.54, 1.807) is 36.4 Å². The summed E-state index contributed by atoms with van der Waals surface area (Å²) in [6.45, 7) is 0. The zero-order valence-electron chi connectivity index (χ0n) is 9.00. The summed E-state index contributed by atoms with van der Waals surface area (Å²) >= 11 is 21.2. The van der Waals surface area contributed by atoms with Gasteiger partial charge >= 0.3 is 0 Å². The minimum absolute atomic E-state index is 0.461. The van der Waals surface area contributed by atoms with Crippen LogP contribution < -0.4 is 0 Å². The van der Waals surface area contributed by atoms with Crippen molar-refractivity contribution in [2.45, 2.75) is 6.10 Å². The van der Waals surface area contributed by atoms with E-state index in [1.807, 2.05) is 0 Å². The Labute approximate surface area is 128 Å². The average Bonchev–Trinajstić information content (AvgIpc) is 2.30. The fourth-order valence-electron chi connectivity index (χ4n) is 1.64. The van der Waals surface area contributed by atoms with E-state index in [4.69, 9.17) is 34.8 Å². The summed E-state index contributed by atoms with van der Waals surface area (Å²) in [5, 5.41) is 11.8. The maximum atomic E-state index is 10.3. The Bertz CT molecular complexity index is 566. The Morgan fingerprint density at radius 3 is 2.33 bits per heavy atom. The number of aliphatic hydroxyl groups is 1. The minimum atomic E-state index is -0.869. The summed E-state index contributed by atoms with van der Waals surface area (Å²) in [6.07, 6.45) is -0.869. The predicted molar refractivity (Wildman–Crippen MR) is 79.7 cm³/mol. The maximum absolute atomic E-state index is 10.3. The van der Waals surface area contributed by atoms with Crippen LogP contribution >= 0.6 is 50.7 Å². The van der Waals surface area contributed by atoms with Gasteiger partial charge in [-0.3, -0.25) is 0 Å². The van der Waals surface area contributed by atoms with E-state index in [-0.39, 0.29) is 0 Å². The van der Waals surface area contributed by atoms with Crippen molar-refractivity contribution in [3.63, 3.8) is 0 Å². The van der Waals surface area contributed by atoms with Gasteiger partial charge in [-0.15, -0.1) is 0 Å². The Morgan fingerprint density at radius 1 is 0.944 bits per heavy atom. The lowest BCUT2D eigenvalue weighted by Crippen LogP contribution is -2.00. The van der Waals surface area contributed by atoms with Crippen molar-refractivity contribution in [1.29, 1.82) is 0 Å². The second-order valence-electron chi connectivity index (χ2n) is 3.77. The highest BCUT2D eigenvalue weighted by Gasteiger charge is 2.15. The zero-order chi connectivity index (χ0) is 13.3. The first-order valence-electron chi connectivity index (χ1n) is 5.06. The van der Waals surface area contributed by atoms with Crippen LogP contribution in [0, 0.1) is 0 Å². The molecule has 0 amide bonds. The molecule has 0 bridgehead atoms. The van der Waals surface area contributed by atoms with Crippen LogP contribution in [-0.2, 0) is 0 Å². The van der Waals surface area contributed by atoms with E-state index in [9.17, 15) is 5.11 Å². The second kappa shape index (κ2) is 5.81. The van der Waals surface area contributed by atoms with E-state index in [1.165, 1.54) is 0 Å². The molecule has 94 valence electrons. The molecule has 0 aromatic heterocycles. The van der Waals surface area contributed by atoms with Crippen LogP contribution in [-0.4, -0.2) is 5.11 Å². The second-order valence-corrected chi connectivity index (χ2v) is 5.97. The van der Waals surface area contributed by atoms with Crippen LogP contribution in [0.2, 0.25) is 15.1 Å². The summed E-state index contributed by atoms with van der Waals surface area (Å²) in [5.41, 5.74) is 1.21. The topological polar surface area (TPSA) is 20.2 Å². The first-order chi connectivity index (χ1) is 8.47. The molecular formula is C13H8BrCl3O. The lowest BCUT2D eigenvalue weighted by Gasteiger charge is -2.14. The van der Waals surface area contributed by atoms with Gasteiger partial charge in [0.15, 0.2) is 0 Å². The van der Waals surface area contributed by atoms with Crippen molar-refractivity contribution in [3.8, 4) is 0 Å². The van der Waals surface area contributed by atoms with Gasteiger partial charge in [0.05, 0.1) is 0 Å². The molecule has 0 aliphatic rings. The molecule has 2 aromatic rings. The number of hydrogen-bond acceptors (Lipinski definition) is 1. The number of aliphatic hydroxyl groups excluding tert-OH is 1.